The van der Waals surface area contributed by atoms with Gasteiger partial charge >= 0.3 is 0 Å². The molecule has 0 aliphatic rings. The Bertz CT molecular complexity index is 382. The molecule has 0 N–H and O–H groups in total. The second-order valence-electron chi connectivity index (χ2n) is 3.98. The lowest BCUT2D eigenvalue weighted by Gasteiger charge is -2.22. The first kappa shape index (κ1) is 15.0. The van der Waals surface area contributed by atoms with Gasteiger partial charge in [0, 0.05) is 31.6 Å². The Morgan fingerprint density at radius 2 is 2.06 bits per heavy atom. The Kier molecular flexibility index (Phi) is 6.76. The van der Waals surface area contributed by atoms with Gasteiger partial charge in [-0.15, -0.1) is 11.6 Å². The molecule has 1 aromatic carbocycles. The fourth-order valence-corrected chi connectivity index (χ4v) is 2.03. The zero-order valence-electron chi connectivity index (χ0n) is 11.0. The molecule has 1 amide bonds. The molecule has 1 rings (SSSR count). The van der Waals surface area contributed by atoms with Crippen molar-refractivity contribution in [1.29, 1.82) is 0 Å². The standard InChI is InChI=1S/C14H20ClNO2/c1-3-12-6-4-5-7-13(12)14(17)16(9-8-15)10-11-18-2/h4-7H,3,8-11H2,1-2H3. The summed E-state index contributed by atoms with van der Waals surface area (Å²) in [5.41, 5.74) is 1.83. The molecule has 3 nitrogen and oxygen atoms in total. The summed E-state index contributed by atoms with van der Waals surface area (Å²) < 4.78 is 5.02. The van der Waals surface area contributed by atoms with Gasteiger partial charge in [0.2, 0.25) is 0 Å². The molecule has 0 aliphatic carbocycles. The molecule has 0 unspecified atom stereocenters. The summed E-state index contributed by atoms with van der Waals surface area (Å²) in [5.74, 6) is 0.467. The smallest absolute Gasteiger partial charge is 0.254 e. The summed E-state index contributed by atoms with van der Waals surface area (Å²) in [6.07, 6.45) is 0.848. The van der Waals surface area contributed by atoms with Crippen LogP contribution >= 0.6 is 11.6 Å². The first-order valence-electron chi connectivity index (χ1n) is 6.16. The number of hydrogen-bond acceptors (Lipinski definition) is 2. The number of benzene rings is 1. The molecule has 4 heteroatoms. The SMILES string of the molecule is CCc1ccccc1C(=O)N(CCCl)CCOC. The van der Waals surface area contributed by atoms with Crippen molar-refractivity contribution in [3.63, 3.8) is 0 Å². The number of halogens is 1. The van der Waals surface area contributed by atoms with Crippen molar-refractivity contribution in [3.05, 3.63) is 35.4 Å². The molecule has 18 heavy (non-hydrogen) atoms. The van der Waals surface area contributed by atoms with E-state index in [1.54, 1.807) is 12.0 Å². The second kappa shape index (κ2) is 8.11. The molecule has 100 valence electrons. The molecular weight excluding hydrogens is 250 g/mol. The topological polar surface area (TPSA) is 29.5 Å². The molecule has 0 radical (unpaired) electrons. The molecule has 0 saturated heterocycles. The van der Waals surface area contributed by atoms with Crippen LogP contribution in [0.1, 0.15) is 22.8 Å². The van der Waals surface area contributed by atoms with E-state index in [-0.39, 0.29) is 5.91 Å². The predicted molar refractivity (Wildman–Crippen MR) is 74.3 cm³/mol. The molecule has 1 aromatic rings. The van der Waals surface area contributed by atoms with Crippen LogP contribution < -0.4 is 0 Å². The third-order valence-electron chi connectivity index (χ3n) is 2.84. The number of ether oxygens (including phenoxy) is 1. The van der Waals surface area contributed by atoms with E-state index in [0.29, 0.717) is 25.6 Å². The van der Waals surface area contributed by atoms with Gasteiger partial charge in [0.05, 0.1) is 6.61 Å². The van der Waals surface area contributed by atoms with Crippen LogP contribution in [0.4, 0.5) is 0 Å². The highest BCUT2D eigenvalue weighted by molar-refractivity contribution is 6.18. The lowest BCUT2D eigenvalue weighted by Crippen LogP contribution is -2.36. The summed E-state index contributed by atoms with van der Waals surface area (Å²) >= 11 is 5.75. The van der Waals surface area contributed by atoms with E-state index in [4.69, 9.17) is 16.3 Å². The monoisotopic (exact) mass is 269 g/mol. The van der Waals surface area contributed by atoms with Gasteiger partial charge < -0.3 is 9.64 Å². The second-order valence-corrected chi connectivity index (χ2v) is 4.36. The average Bonchev–Trinajstić information content (AvgIpc) is 2.42. The van der Waals surface area contributed by atoms with Gasteiger partial charge in [-0.3, -0.25) is 4.79 Å². The zero-order chi connectivity index (χ0) is 13.4. The summed E-state index contributed by atoms with van der Waals surface area (Å²) in [5, 5.41) is 0. The minimum absolute atomic E-state index is 0.0325. The zero-order valence-corrected chi connectivity index (χ0v) is 11.7. The van der Waals surface area contributed by atoms with E-state index >= 15 is 0 Å². The third-order valence-corrected chi connectivity index (χ3v) is 3.00. The van der Waals surface area contributed by atoms with Gasteiger partial charge in [-0.2, -0.15) is 0 Å². The minimum Gasteiger partial charge on any atom is -0.383 e. The Balaban J connectivity index is 2.86. The summed E-state index contributed by atoms with van der Waals surface area (Å²) in [6.45, 7) is 3.69. The molecule has 0 spiro atoms. The lowest BCUT2D eigenvalue weighted by atomic mass is 10.0. The van der Waals surface area contributed by atoms with Crippen LogP contribution in [0.5, 0.6) is 0 Å². The predicted octanol–water partition coefficient (Wildman–Crippen LogP) is 2.58. The highest BCUT2D eigenvalue weighted by Gasteiger charge is 2.17. The van der Waals surface area contributed by atoms with Gasteiger partial charge in [0.15, 0.2) is 0 Å². The molecule has 0 fully saturated rings. The highest BCUT2D eigenvalue weighted by Crippen LogP contribution is 2.12. The van der Waals surface area contributed by atoms with Crippen molar-refractivity contribution in [3.8, 4) is 0 Å². The van der Waals surface area contributed by atoms with Crippen molar-refractivity contribution < 1.29 is 9.53 Å². The van der Waals surface area contributed by atoms with Crippen molar-refractivity contribution in [2.24, 2.45) is 0 Å². The summed E-state index contributed by atoms with van der Waals surface area (Å²) in [4.78, 5) is 14.2. The average molecular weight is 270 g/mol. The number of aryl methyl sites for hydroxylation is 1. The maximum atomic E-state index is 12.4. The number of methoxy groups -OCH3 is 1. The maximum absolute atomic E-state index is 12.4. The summed E-state index contributed by atoms with van der Waals surface area (Å²) in [6, 6.07) is 7.70. The van der Waals surface area contributed by atoms with Crippen LogP contribution in [0.25, 0.3) is 0 Å². The van der Waals surface area contributed by atoms with Crippen molar-refractivity contribution >= 4 is 17.5 Å². The first-order valence-corrected chi connectivity index (χ1v) is 6.70. The van der Waals surface area contributed by atoms with Crippen molar-refractivity contribution in [2.75, 3.05) is 32.7 Å². The van der Waals surface area contributed by atoms with Crippen LogP contribution in [-0.4, -0.2) is 43.5 Å². The molecular formula is C14H20ClNO2. The molecule has 0 aliphatic heterocycles. The Labute approximate surface area is 114 Å². The largest absolute Gasteiger partial charge is 0.383 e. The number of alkyl halides is 1. The van der Waals surface area contributed by atoms with Crippen LogP contribution in [0.15, 0.2) is 24.3 Å². The highest BCUT2D eigenvalue weighted by atomic mass is 35.5. The maximum Gasteiger partial charge on any atom is 0.254 e. The first-order chi connectivity index (χ1) is 8.74. The fraction of sp³-hybridized carbons (Fsp3) is 0.500. The van der Waals surface area contributed by atoms with Gasteiger partial charge in [0.1, 0.15) is 0 Å². The van der Waals surface area contributed by atoms with E-state index in [0.717, 1.165) is 17.5 Å². The van der Waals surface area contributed by atoms with Crippen LogP contribution in [0.2, 0.25) is 0 Å². The third kappa shape index (κ3) is 4.00. The molecule has 0 saturated carbocycles. The minimum atomic E-state index is 0.0325. The van der Waals surface area contributed by atoms with Crippen LogP contribution in [0, 0.1) is 0 Å². The number of carbonyl (C=O) groups excluding carboxylic acids is 1. The van der Waals surface area contributed by atoms with Gasteiger partial charge in [-0.1, -0.05) is 25.1 Å². The Morgan fingerprint density at radius 1 is 1.33 bits per heavy atom. The number of hydrogen-bond donors (Lipinski definition) is 0. The van der Waals surface area contributed by atoms with E-state index in [1.807, 2.05) is 31.2 Å². The Morgan fingerprint density at radius 3 is 2.67 bits per heavy atom. The van der Waals surface area contributed by atoms with E-state index < -0.39 is 0 Å². The van der Waals surface area contributed by atoms with E-state index in [1.165, 1.54) is 0 Å². The quantitative estimate of drug-likeness (QED) is 0.712. The van der Waals surface area contributed by atoms with Gasteiger partial charge in [-0.05, 0) is 18.1 Å². The number of rotatable bonds is 7. The van der Waals surface area contributed by atoms with Crippen molar-refractivity contribution in [1.82, 2.24) is 4.90 Å². The summed E-state index contributed by atoms with van der Waals surface area (Å²) in [7, 11) is 1.63. The van der Waals surface area contributed by atoms with Crippen LogP contribution in [0.3, 0.4) is 0 Å². The van der Waals surface area contributed by atoms with Gasteiger partial charge in [0.25, 0.3) is 5.91 Å². The molecule has 0 aromatic heterocycles. The Hall–Kier alpha value is -1.06. The number of amides is 1. The molecule has 0 heterocycles. The molecule has 0 atom stereocenters. The number of carbonyl (C=O) groups is 1. The van der Waals surface area contributed by atoms with E-state index in [9.17, 15) is 4.79 Å². The normalized spacial score (nSPS) is 10.4. The lowest BCUT2D eigenvalue weighted by molar-refractivity contribution is 0.0707. The number of nitrogens with zero attached hydrogens (tertiary/aromatic N) is 1. The molecule has 0 bridgehead atoms. The van der Waals surface area contributed by atoms with Gasteiger partial charge in [-0.25, -0.2) is 0 Å². The van der Waals surface area contributed by atoms with E-state index in [2.05, 4.69) is 0 Å². The van der Waals surface area contributed by atoms with Crippen LogP contribution in [-0.2, 0) is 11.2 Å². The fourth-order valence-electron chi connectivity index (χ4n) is 1.83. The van der Waals surface area contributed by atoms with Crippen molar-refractivity contribution in [2.45, 2.75) is 13.3 Å².